The molecule has 1 amide bonds. The molecule has 0 radical (unpaired) electrons. The molecule has 2 aromatic carbocycles. The van der Waals surface area contributed by atoms with Crippen LogP contribution >= 0.6 is 0 Å². The van der Waals surface area contributed by atoms with E-state index in [1.54, 1.807) is 29.2 Å². The van der Waals surface area contributed by atoms with Gasteiger partial charge in [-0.1, -0.05) is 52.0 Å². The minimum absolute atomic E-state index is 0.0295. The van der Waals surface area contributed by atoms with E-state index < -0.39 is 17.7 Å². The van der Waals surface area contributed by atoms with Crippen molar-refractivity contribution in [2.24, 2.45) is 0 Å². The van der Waals surface area contributed by atoms with Gasteiger partial charge in [-0.15, -0.1) is 0 Å². The number of aliphatic hydroxyl groups excluding tert-OH is 1. The van der Waals surface area contributed by atoms with E-state index in [1.807, 2.05) is 31.2 Å². The molecule has 0 spiro atoms. The largest absolute Gasteiger partial charge is 0.507 e. The molecule has 4 rings (SSSR count). The lowest BCUT2D eigenvalue weighted by atomic mass is 9.85. The number of carbonyl (C=O) groups excluding carboxylic acids is 2. The van der Waals surface area contributed by atoms with Crippen molar-refractivity contribution in [2.75, 3.05) is 46.0 Å². The van der Waals surface area contributed by atoms with Crippen LogP contribution in [0, 0.1) is 0 Å². The maximum absolute atomic E-state index is 13.3. The Balaban J connectivity index is 1.70. The highest BCUT2D eigenvalue weighted by Gasteiger charge is 2.46. The third-order valence-electron chi connectivity index (χ3n) is 6.99. The van der Waals surface area contributed by atoms with E-state index in [-0.39, 0.29) is 16.7 Å². The van der Waals surface area contributed by atoms with E-state index in [0.717, 1.165) is 30.6 Å². The van der Waals surface area contributed by atoms with Gasteiger partial charge >= 0.3 is 0 Å². The van der Waals surface area contributed by atoms with Crippen molar-refractivity contribution in [2.45, 2.75) is 45.6 Å². The second-order valence-corrected chi connectivity index (χ2v) is 10.7. The van der Waals surface area contributed by atoms with E-state index in [9.17, 15) is 14.7 Å². The molecule has 2 aliphatic rings. The third kappa shape index (κ3) is 6.05. The van der Waals surface area contributed by atoms with Crippen molar-refractivity contribution in [3.8, 4) is 5.75 Å². The van der Waals surface area contributed by atoms with E-state index in [4.69, 9.17) is 9.47 Å². The molecule has 37 heavy (non-hydrogen) atoms. The number of morpholine rings is 1. The fraction of sp³-hybridized carbons (Fsp3) is 0.467. The predicted octanol–water partition coefficient (Wildman–Crippen LogP) is 4.53. The Labute approximate surface area is 219 Å². The number of amides is 1. The fourth-order valence-electron chi connectivity index (χ4n) is 4.78. The Morgan fingerprint density at radius 2 is 1.65 bits per heavy atom. The van der Waals surface area contributed by atoms with Gasteiger partial charge in [-0.2, -0.15) is 0 Å². The minimum Gasteiger partial charge on any atom is -0.507 e. The first kappa shape index (κ1) is 26.9. The van der Waals surface area contributed by atoms with Crippen LogP contribution in [-0.4, -0.2) is 72.6 Å². The van der Waals surface area contributed by atoms with Gasteiger partial charge in [0.1, 0.15) is 11.5 Å². The molecule has 0 saturated carbocycles. The van der Waals surface area contributed by atoms with Crippen LogP contribution in [-0.2, 0) is 19.7 Å². The summed E-state index contributed by atoms with van der Waals surface area (Å²) >= 11 is 0. The molecule has 2 aromatic rings. The van der Waals surface area contributed by atoms with Crippen molar-refractivity contribution < 1.29 is 24.2 Å². The Morgan fingerprint density at radius 1 is 1.00 bits per heavy atom. The smallest absolute Gasteiger partial charge is 0.295 e. The van der Waals surface area contributed by atoms with Crippen molar-refractivity contribution in [3.05, 3.63) is 70.8 Å². The summed E-state index contributed by atoms with van der Waals surface area (Å²) in [5, 5.41) is 11.3. The lowest BCUT2D eigenvalue weighted by Gasteiger charge is -2.31. The molecule has 1 N–H and O–H groups in total. The van der Waals surface area contributed by atoms with Crippen LogP contribution in [0.25, 0.3) is 5.76 Å². The van der Waals surface area contributed by atoms with Crippen LogP contribution in [0.2, 0.25) is 0 Å². The van der Waals surface area contributed by atoms with Crippen molar-refractivity contribution in [1.29, 1.82) is 0 Å². The molecule has 2 aliphatic heterocycles. The zero-order valence-corrected chi connectivity index (χ0v) is 22.3. The van der Waals surface area contributed by atoms with Gasteiger partial charge in [0.2, 0.25) is 0 Å². The number of rotatable bonds is 8. The summed E-state index contributed by atoms with van der Waals surface area (Å²) in [7, 11) is 0. The average molecular weight is 507 g/mol. The number of benzene rings is 2. The Hall–Kier alpha value is -3.16. The van der Waals surface area contributed by atoms with Crippen molar-refractivity contribution in [1.82, 2.24) is 9.80 Å². The highest BCUT2D eigenvalue weighted by atomic mass is 16.5. The highest BCUT2D eigenvalue weighted by Crippen LogP contribution is 2.40. The average Bonchev–Trinajstić information content (AvgIpc) is 3.15. The lowest BCUT2D eigenvalue weighted by Crippen LogP contribution is -2.42. The number of likely N-dealkylation sites (tertiary alicyclic amines) is 1. The van der Waals surface area contributed by atoms with Gasteiger partial charge in [0.15, 0.2) is 0 Å². The van der Waals surface area contributed by atoms with E-state index in [1.165, 1.54) is 0 Å². The third-order valence-corrected chi connectivity index (χ3v) is 6.99. The minimum atomic E-state index is -0.661. The van der Waals surface area contributed by atoms with Gasteiger partial charge < -0.3 is 19.5 Å². The zero-order valence-electron chi connectivity index (χ0n) is 22.3. The summed E-state index contributed by atoms with van der Waals surface area (Å²) in [5.41, 5.74) is 2.53. The predicted molar refractivity (Wildman–Crippen MR) is 144 cm³/mol. The fourth-order valence-corrected chi connectivity index (χ4v) is 4.78. The first-order chi connectivity index (χ1) is 17.7. The molecular formula is C30H38N2O5. The highest BCUT2D eigenvalue weighted by molar-refractivity contribution is 6.46. The molecule has 0 aliphatic carbocycles. The monoisotopic (exact) mass is 506 g/mol. The topological polar surface area (TPSA) is 79.3 Å². The quantitative estimate of drug-likeness (QED) is 0.322. The molecule has 2 heterocycles. The number of nitrogens with zero attached hydrogens (tertiary/aromatic N) is 2. The standard InChI is InChI=1S/C30H38N2O5/c1-5-18-37-24-12-8-22(9-13-24)27(33)25-26(21-6-10-23(11-7-21)30(2,3)4)32(29(35)28(25)34)15-14-31-16-19-36-20-17-31/h6-13,26,33H,5,14-20H2,1-4H3/t26-/m1/s1. The summed E-state index contributed by atoms with van der Waals surface area (Å²) < 4.78 is 11.1. The van der Waals surface area contributed by atoms with Gasteiger partial charge in [-0.3, -0.25) is 14.5 Å². The van der Waals surface area contributed by atoms with Crippen LogP contribution in [0.1, 0.15) is 56.8 Å². The Bertz CT molecular complexity index is 1130. The first-order valence-corrected chi connectivity index (χ1v) is 13.1. The van der Waals surface area contributed by atoms with Crippen LogP contribution in [0.5, 0.6) is 5.75 Å². The summed E-state index contributed by atoms with van der Waals surface area (Å²) in [6.07, 6.45) is 0.892. The molecule has 0 bridgehead atoms. The van der Waals surface area contributed by atoms with Crippen LogP contribution in [0.4, 0.5) is 0 Å². The second-order valence-electron chi connectivity index (χ2n) is 10.7. The Morgan fingerprint density at radius 3 is 2.24 bits per heavy atom. The number of carbonyl (C=O) groups is 2. The molecule has 7 nitrogen and oxygen atoms in total. The van der Waals surface area contributed by atoms with Crippen molar-refractivity contribution in [3.63, 3.8) is 0 Å². The molecule has 7 heteroatoms. The summed E-state index contributed by atoms with van der Waals surface area (Å²) in [6.45, 7) is 13.0. The number of ether oxygens (including phenoxy) is 2. The Kier molecular flexibility index (Phi) is 8.35. The normalized spacial score (nSPS) is 20.4. The van der Waals surface area contributed by atoms with Crippen LogP contribution < -0.4 is 4.74 Å². The molecule has 2 saturated heterocycles. The van der Waals surface area contributed by atoms with E-state index in [0.29, 0.717) is 44.2 Å². The summed E-state index contributed by atoms with van der Waals surface area (Å²) in [5.74, 6) is -0.712. The molecule has 1 atom stereocenters. The second kappa shape index (κ2) is 11.5. The van der Waals surface area contributed by atoms with Crippen molar-refractivity contribution >= 4 is 17.4 Å². The SMILES string of the molecule is CCCOc1ccc(C(O)=C2C(=O)C(=O)N(CCN3CCOCC3)[C@@H]2c2ccc(C(C)(C)C)cc2)cc1. The number of ketones is 1. The first-order valence-electron chi connectivity index (χ1n) is 13.1. The van der Waals surface area contributed by atoms with Crippen LogP contribution in [0.15, 0.2) is 54.1 Å². The maximum atomic E-state index is 13.3. The lowest BCUT2D eigenvalue weighted by molar-refractivity contribution is -0.140. The number of aliphatic hydroxyl groups is 1. The van der Waals surface area contributed by atoms with E-state index >= 15 is 0 Å². The molecular weight excluding hydrogens is 468 g/mol. The van der Waals surface area contributed by atoms with Gasteiger partial charge in [0.25, 0.3) is 11.7 Å². The van der Waals surface area contributed by atoms with Gasteiger partial charge in [-0.25, -0.2) is 0 Å². The molecule has 198 valence electrons. The molecule has 0 aromatic heterocycles. The maximum Gasteiger partial charge on any atom is 0.295 e. The molecule has 2 fully saturated rings. The van der Waals surface area contributed by atoms with Gasteiger partial charge in [0.05, 0.1) is 31.4 Å². The number of hydrogen-bond donors (Lipinski definition) is 1. The zero-order chi connectivity index (χ0) is 26.6. The van der Waals surface area contributed by atoms with Crippen LogP contribution in [0.3, 0.4) is 0 Å². The summed E-state index contributed by atoms with van der Waals surface area (Å²) in [4.78, 5) is 30.4. The number of hydrogen-bond acceptors (Lipinski definition) is 6. The summed E-state index contributed by atoms with van der Waals surface area (Å²) in [6, 6.07) is 14.3. The molecule has 0 unspecified atom stereocenters. The number of Topliss-reactive ketones (excluding diaryl/α,β-unsaturated/α-hetero) is 1. The van der Waals surface area contributed by atoms with Gasteiger partial charge in [0, 0.05) is 31.7 Å². The van der Waals surface area contributed by atoms with E-state index in [2.05, 4.69) is 25.7 Å². The van der Waals surface area contributed by atoms with Gasteiger partial charge in [-0.05, 0) is 47.2 Å².